The van der Waals surface area contributed by atoms with Crippen LogP contribution in [0, 0.1) is 17.2 Å². The highest BCUT2D eigenvalue weighted by molar-refractivity contribution is 6.20. The van der Waals surface area contributed by atoms with Gasteiger partial charge in [-0.25, -0.2) is 9.98 Å². The van der Waals surface area contributed by atoms with E-state index in [9.17, 15) is 10.1 Å². The second-order valence-electron chi connectivity index (χ2n) is 11.6. The molecule has 0 spiro atoms. The Morgan fingerprint density at radius 1 is 1.24 bits per heavy atom. The van der Waals surface area contributed by atoms with Gasteiger partial charge >= 0.3 is 0 Å². The van der Waals surface area contributed by atoms with Crippen LogP contribution < -0.4 is 4.74 Å². The Hall–Kier alpha value is -3.26. The lowest BCUT2D eigenvalue weighted by molar-refractivity contribution is -0.130. The van der Waals surface area contributed by atoms with Crippen LogP contribution in [0.3, 0.4) is 0 Å². The largest absolute Gasteiger partial charge is 0.490 e. The number of ether oxygens (including phenoxy) is 3. The van der Waals surface area contributed by atoms with Crippen molar-refractivity contribution in [3.05, 3.63) is 48.4 Å². The van der Waals surface area contributed by atoms with Crippen LogP contribution in [0.2, 0.25) is 0 Å². The van der Waals surface area contributed by atoms with Gasteiger partial charge in [0.2, 0.25) is 12.3 Å². The predicted octanol–water partition coefficient (Wildman–Crippen LogP) is 3.76. The van der Waals surface area contributed by atoms with E-state index >= 15 is 0 Å². The number of rotatable bonds is 9. The monoisotopic (exact) mass is 575 g/mol. The van der Waals surface area contributed by atoms with E-state index in [0.717, 1.165) is 61.0 Å². The molecule has 2 saturated heterocycles. The number of likely N-dealkylation sites (tertiary alicyclic amines) is 1. The van der Waals surface area contributed by atoms with Gasteiger partial charge in [-0.15, -0.1) is 0 Å². The van der Waals surface area contributed by atoms with Crippen molar-refractivity contribution in [2.75, 3.05) is 46.9 Å². The first kappa shape index (κ1) is 30.2. The number of methoxy groups -OCH3 is 1. The van der Waals surface area contributed by atoms with E-state index in [1.807, 2.05) is 25.1 Å². The van der Waals surface area contributed by atoms with Gasteiger partial charge in [-0.2, -0.15) is 5.26 Å². The Morgan fingerprint density at radius 3 is 2.81 bits per heavy atom. The zero-order valence-corrected chi connectivity index (χ0v) is 25.1. The maximum Gasteiger partial charge on any atom is 0.247 e. The van der Waals surface area contributed by atoms with Crippen molar-refractivity contribution in [3.8, 4) is 11.8 Å². The lowest BCUT2D eigenvalue weighted by Crippen LogP contribution is -2.58. The van der Waals surface area contributed by atoms with Crippen LogP contribution in [0.15, 0.2) is 46.9 Å². The van der Waals surface area contributed by atoms with Crippen LogP contribution in [0.4, 0.5) is 0 Å². The number of amides is 1. The fourth-order valence-corrected chi connectivity index (χ4v) is 6.53. The van der Waals surface area contributed by atoms with Crippen molar-refractivity contribution in [1.29, 1.82) is 5.26 Å². The van der Waals surface area contributed by atoms with Crippen molar-refractivity contribution in [2.45, 2.75) is 76.1 Å². The molecule has 5 atom stereocenters. The summed E-state index contributed by atoms with van der Waals surface area (Å²) >= 11 is 0. The van der Waals surface area contributed by atoms with Crippen molar-refractivity contribution in [3.63, 3.8) is 0 Å². The van der Waals surface area contributed by atoms with Gasteiger partial charge in [0, 0.05) is 50.5 Å². The number of nitriles is 1. The molecule has 1 aromatic rings. The average molecular weight is 576 g/mol. The van der Waals surface area contributed by atoms with E-state index in [4.69, 9.17) is 24.2 Å². The van der Waals surface area contributed by atoms with Gasteiger partial charge in [0.05, 0.1) is 37.2 Å². The summed E-state index contributed by atoms with van der Waals surface area (Å²) in [5.41, 5.74) is 2.00. The van der Waals surface area contributed by atoms with Crippen LogP contribution in [-0.2, 0) is 14.3 Å². The Balaban J connectivity index is 1.33. The molecule has 10 heteroatoms. The number of hydrogen-bond donors (Lipinski definition) is 0. The highest BCUT2D eigenvalue weighted by atomic mass is 16.5. The SMILES string of the molecule is C=CC(=O)N1CCN(C2=NC(OCC3CCCN3C)N=C(C)[C]2CC[C@H]2CC(OC)c3ccccc3O2)CC1CC#N. The molecule has 4 aliphatic heterocycles. The molecular formula is C32H43N6O4. The second-order valence-corrected chi connectivity index (χ2v) is 11.6. The zero-order chi connectivity index (χ0) is 29.6. The first-order chi connectivity index (χ1) is 20.4. The van der Waals surface area contributed by atoms with Crippen molar-refractivity contribution in [1.82, 2.24) is 14.7 Å². The van der Waals surface area contributed by atoms with Gasteiger partial charge < -0.3 is 28.9 Å². The average Bonchev–Trinajstić information content (AvgIpc) is 3.42. The molecule has 0 aliphatic carbocycles. The highest BCUT2D eigenvalue weighted by Gasteiger charge is 2.38. The van der Waals surface area contributed by atoms with Gasteiger partial charge in [-0.3, -0.25) is 4.79 Å². The number of aliphatic imine (C=N–C) groups is 2. The first-order valence-electron chi connectivity index (χ1n) is 15.1. The summed E-state index contributed by atoms with van der Waals surface area (Å²) < 4.78 is 18.5. The summed E-state index contributed by atoms with van der Waals surface area (Å²) in [5.74, 6) is 2.64. The minimum atomic E-state index is -0.615. The van der Waals surface area contributed by atoms with Gasteiger partial charge in [0.15, 0.2) is 0 Å². The van der Waals surface area contributed by atoms with E-state index in [1.54, 1.807) is 12.0 Å². The maximum atomic E-state index is 12.5. The summed E-state index contributed by atoms with van der Waals surface area (Å²) in [5, 5.41) is 9.52. The number of para-hydroxylation sites is 1. The molecule has 0 aromatic heterocycles. The number of piperazine rings is 1. The topological polar surface area (TPSA) is 103 Å². The third-order valence-corrected chi connectivity index (χ3v) is 8.96. The molecule has 1 radical (unpaired) electrons. The van der Waals surface area contributed by atoms with Crippen LogP contribution in [0.5, 0.6) is 5.75 Å². The summed E-state index contributed by atoms with van der Waals surface area (Å²) in [6.07, 6.45) is 5.51. The maximum absolute atomic E-state index is 12.5. The van der Waals surface area contributed by atoms with Crippen LogP contribution in [-0.4, -0.2) is 104 Å². The summed E-state index contributed by atoms with van der Waals surface area (Å²) in [7, 11) is 3.88. The number of hydrogen-bond acceptors (Lipinski definition) is 9. The van der Waals surface area contributed by atoms with Gasteiger partial charge in [-0.1, -0.05) is 24.8 Å². The molecule has 225 valence electrons. The minimum absolute atomic E-state index is 0.00655. The van der Waals surface area contributed by atoms with Crippen molar-refractivity contribution >= 4 is 17.5 Å². The number of benzene rings is 1. The highest BCUT2D eigenvalue weighted by Crippen LogP contribution is 2.38. The van der Waals surface area contributed by atoms with Crippen molar-refractivity contribution in [2.24, 2.45) is 9.98 Å². The predicted molar refractivity (Wildman–Crippen MR) is 161 cm³/mol. The molecule has 2 fully saturated rings. The van der Waals surface area contributed by atoms with E-state index < -0.39 is 6.35 Å². The van der Waals surface area contributed by atoms with E-state index in [0.29, 0.717) is 32.3 Å². The molecule has 5 rings (SSSR count). The van der Waals surface area contributed by atoms with Gasteiger partial charge in [0.1, 0.15) is 17.7 Å². The lowest BCUT2D eigenvalue weighted by Gasteiger charge is -2.44. The lowest BCUT2D eigenvalue weighted by atomic mass is 9.89. The molecule has 4 unspecified atom stereocenters. The number of fused-ring (bicyclic) bond motifs is 1. The number of amidine groups is 1. The molecule has 10 nitrogen and oxygen atoms in total. The molecule has 1 aromatic carbocycles. The number of carbonyl (C=O) groups excluding carboxylic acids is 1. The summed E-state index contributed by atoms with van der Waals surface area (Å²) in [6, 6.07) is 10.5. The van der Waals surface area contributed by atoms with Gasteiger partial charge in [0.25, 0.3) is 0 Å². The Bertz CT molecular complexity index is 1230. The van der Waals surface area contributed by atoms with E-state index in [-0.39, 0.29) is 30.6 Å². The number of nitrogens with zero attached hydrogens (tertiary/aromatic N) is 6. The fraction of sp³-hybridized carbons (Fsp3) is 0.594. The molecule has 1 amide bonds. The molecule has 0 bridgehead atoms. The third-order valence-electron chi connectivity index (χ3n) is 8.96. The van der Waals surface area contributed by atoms with Gasteiger partial charge in [-0.05, 0) is 58.3 Å². The number of likely N-dealkylation sites (N-methyl/N-ethyl adjacent to an activating group) is 1. The standard InChI is InChI=1S/C32H43N6O4/c1-5-30(39)38-18-17-37(20-23(38)14-15-33)31-26(22(2)34-32(35-31)41-21-24-9-8-16-36(24)3)13-12-25-19-29(40-4)27-10-6-7-11-28(27)42-25/h5-7,10-11,23-25,29,32H,1,8-9,12-14,16-21H2,2-4H3/t23?,24?,25-,29?,32?/m0/s1. The molecule has 4 aliphatic rings. The third kappa shape index (κ3) is 6.69. The first-order valence-corrected chi connectivity index (χ1v) is 15.1. The molecule has 42 heavy (non-hydrogen) atoms. The Morgan fingerprint density at radius 2 is 2.07 bits per heavy atom. The zero-order valence-electron chi connectivity index (χ0n) is 25.1. The van der Waals surface area contributed by atoms with E-state index in [2.05, 4.69) is 35.6 Å². The second kappa shape index (κ2) is 13.8. The molecule has 0 N–H and O–H groups in total. The quantitative estimate of drug-likeness (QED) is 0.413. The Kier molecular flexibility index (Phi) is 9.93. The van der Waals surface area contributed by atoms with E-state index in [1.165, 1.54) is 12.5 Å². The fourth-order valence-electron chi connectivity index (χ4n) is 6.53. The summed E-state index contributed by atoms with van der Waals surface area (Å²) in [6.45, 7) is 8.96. The van der Waals surface area contributed by atoms with Crippen LogP contribution >= 0.6 is 0 Å². The smallest absolute Gasteiger partial charge is 0.247 e. The normalized spacial score (nSPS) is 28.4. The van der Waals surface area contributed by atoms with Crippen LogP contribution in [0.1, 0.15) is 57.1 Å². The van der Waals surface area contributed by atoms with Crippen molar-refractivity contribution < 1.29 is 19.0 Å². The Labute approximate surface area is 249 Å². The summed E-state index contributed by atoms with van der Waals surface area (Å²) in [4.78, 5) is 28.7. The minimum Gasteiger partial charge on any atom is -0.490 e. The molecule has 0 saturated carbocycles. The molecule has 4 heterocycles. The van der Waals surface area contributed by atoms with Crippen LogP contribution in [0.25, 0.3) is 0 Å². The molecular weight excluding hydrogens is 532 g/mol. The number of carbonyl (C=O) groups is 1.